The molecule has 0 atom stereocenters. The topological polar surface area (TPSA) is 46.6 Å². The Morgan fingerprint density at radius 3 is 2.35 bits per heavy atom. The molecule has 0 aliphatic carbocycles. The smallest absolute Gasteiger partial charge is 0.330 e. The highest BCUT2D eigenvalue weighted by Gasteiger charge is 2.16. The van der Waals surface area contributed by atoms with E-state index in [4.69, 9.17) is 11.6 Å². The van der Waals surface area contributed by atoms with E-state index in [1.165, 1.54) is 13.2 Å². The van der Waals surface area contributed by atoms with Crippen LogP contribution in [-0.2, 0) is 9.53 Å². The van der Waals surface area contributed by atoms with E-state index in [9.17, 15) is 9.59 Å². The first-order valence-electron chi connectivity index (χ1n) is 6.99. The molecule has 2 aromatic rings. The van der Waals surface area contributed by atoms with Crippen LogP contribution in [0, 0.1) is 0 Å². The van der Waals surface area contributed by atoms with Crippen LogP contribution in [-0.4, -0.2) is 25.5 Å². The molecule has 0 saturated heterocycles. The first-order chi connectivity index (χ1) is 11.1. The predicted molar refractivity (Wildman–Crippen MR) is 90.7 cm³/mol. The number of methoxy groups -OCH3 is 1. The molecule has 0 aliphatic heterocycles. The third kappa shape index (κ3) is 4.69. The number of carbonyl (C=O) groups is 2. The molecular weight excluding hydrogens is 314 g/mol. The van der Waals surface area contributed by atoms with E-state index in [1.54, 1.807) is 59.5 Å². The zero-order valence-corrected chi connectivity index (χ0v) is 13.4. The molecule has 2 rings (SSSR count). The van der Waals surface area contributed by atoms with Crippen molar-refractivity contribution in [1.82, 2.24) is 0 Å². The van der Waals surface area contributed by atoms with Gasteiger partial charge in [0.05, 0.1) is 7.11 Å². The van der Waals surface area contributed by atoms with E-state index in [2.05, 4.69) is 4.74 Å². The van der Waals surface area contributed by atoms with Gasteiger partial charge in [0.25, 0.3) is 5.91 Å². The highest BCUT2D eigenvalue weighted by Crippen LogP contribution is 2.20. The maximum atomic E-state index is 12.7. The summed E-state index contributed by atoms with van der Waals surface area (Å²) in [5.74, 6) is -0.629. The summed E-state index contributed by atoms with van der Waals surface area (Å²) < 4.78 is 4.55. The Morgan fingerprint density at radius 1 is 1.09 bits per heavy atom. The van der Waals surface area contributed by atoms with Crippen LogP contribution in [0.1, 0.15) is 10.4 Å². The summed E-state index contributed by atoms with van der Waals surface area (Å²) in [6.07, 6.45) is 2.88. The quantitative estimate of drug-likeness (QED) is 0.620. The number of hydrogen-bond acceptors (Lipinski definition) is 3. The molecule has 0 fully saturated rings. The van der Waals surface area contributed by atoms with Crippen LogP contribution >= 0.6 is 11.6 Å². The maximum Gasteiger partial charge on any atom is 0.330 e. The van der Waals surface area contributed by atoms with Gasteiger partial charge in [0.1, 0.15) is 0 Å². The lowest BCUT2D eigenvalue weighted by molar-refractivity contribution is -0.134. The molecule has 0 saturated carbocycles. The molecule has 0 radical (unpaired) electrons. The van der Waals surface area contributed by atoms with Crippen molar-refractivity contribution >= 4 is 29.2 Å². The lowest BCUT2D eigenvalue weighted by Crippen LogP contribution is -2.31. The van der Waals surface area contributed by atoms with Gasteiger partial charge in [-0.15, -0.1) is 0 Å². The van der Waals surface area contributed by atoms with Crippen molar-refractivity contribution < 1.29 is 14.3 Å². The fraction of sp³-hybridized carbons (Fsp3) is 0.111. The van der Waals surface area contributed by atoms with Crippen LogP contribution in [0.2, 0.25) is 5.02 Å². The molecule has 0 N–H and O–H groups in total. The molecule has 23 heavy (non-hydrogen) atoms. The van der Waals surface area contributed by atoms with Gasteiger partial charge < -0.3 is 9.64 Å². The van der Waals surface area contributed by atoms with Crippen molar-refractivity contribution in [3.63, 3.8) is 0 Å². The highest BCUT2D eigenvalue weighted by atomic mass is 35.5. The Morgan fingerprint density at radius 2 is 1.74 bits per heavy atom. The number of anilines is 1. The van der Waals surface area contributed by atoms with Gasteiger partial charge in [-0.1, -0.05) is 35.9 Å². The number of carbonyl (C=O) groups excluding carboxylic acids is 2. The van der Waals surface area contributed by atoms with Crippen molar-refractivity contribution in [2.24, 2.45) is 0 Å². The van der Waals surface area contributed by atoms with E-state index < -0.39 is 5.97 Å². The van der Waals surface area contributed by atoms with E-state index >= 15 is 0 Å². The maximum absolute atomic E-state index is 12.7. The number of halogens is 1. The summed E-state index contributed by atoms with van der Waals surface area (Å²) in [7, 11) is 1.30. The fourth-order valence-electron chi connectivity index (χ4n) is 1.99. The number of rotatable bonds is 5. The Balaban J connectivity index is 2.27. The molecule has 0 aromatic heterocycles. The van der Waals surface area contributed by atoms with Crippen LogP contribution in [0.4, 0.5) is 5.69 Å². The number of benzene rings is 2. The Hall–Kier alpha value is -2.59. The minimum absolute atomic E-state index is 0.164. The second kappa shape index (κ2) is 8.15. The molecule has 1 amide bonds. The fourth-order valence-corrected chi connectivity index (χ4v) is 2.11. The molecule has 118 valence electrons. The minimum Gasteiger partial charge on any atom is -0.466 e. The standard InChI is InChI=1S/C18H16ClNO3/c1-23-17(21)8-5-13-20(16-11-9-15(19)10-12-16)18(22)14-6-3-2-4-7-14/h2-12H,13H2,1H3/b8-5-. The third-order valence-electron chi connectivity index (χ3n) is 3.15. The van der Waals surface area contributed by atoms with E-state index in [0.29, 0.717) is 16.3 Å². The summed E-state index contributed by atoms with van der Waals surface area (Å²) in [6, 6.07) is 15.9. The largest absolute Gasteiger partial charge is 0.466 e. The van der Waals surface area contributed by atoms with Crippen LogP contribution in [0.5, 0.6) is 0 Å². The summed E-state index contributed by atoms with van der Waals surface area (Å²) in [6.45, 7) is 0.241. The first-order valence-corrected chi connectivity index (χ1v) is 7.36. The summed E-state index contributed by atoms with van der Waals surface area (Å²) in [4.78, 5) is 25.5. The minimum atomic E-state index is -0.465. The van der Waals surface area contributed by atoms with Crippen molar-refractivity contribution in [3.05, 3.63) is 77.3 Å². The van der Waals surface area contributed by atoms with Crippen molar-refractivity contribution in [2.45, 2.75) is 0 Å². The summed E-state index contributed by atoms with van der Waals surface area (Å²) in [5, 5.41) is 0.589. The Bertz CT molecular complexity index is 696. The molecule has 0 heterocycles. The normalized spacial score (nSPS) is 10.5. The first kappa shape index (κ1) is 16.8. The summed E-state index contributed by atoms with van der Waals surface area (Å²) in [5.41, 5.74) is 1.26. The molecular formula is C18H16ClNO3. The molecule has 4 nitrogen and oxygen atoms in total. The number of hydrogen-bond donors (Lipinski definition) is 0. The summed E-state index contributed by atoms with van der Waals surface area (Å²) >= 11 is 5.90. The second-order valence-electron chi connectivity index (χ2n) is 4.68. The van der Waals surface area contributed by atoms with Crippen LogP contribution in [0.25, 0.3) is 0 Å². The number of nitrogens with zero attached hydrogens (tertiary/aromatic N) is 1. The Kier molecular flexibility index (Phi) is 5.94. The van der Waals surface area contributed by atoms with Gasteiger partial charge in [-0.05, 0) is 36.4 Å². The van der Waals surface area contributed by atoms with Crippen LogP contribution in [0.3, 0.4) is 0 Å². The van der Waals surface area contributed by atoms with Crippen molar-refractivity contribution in [3.8, 4) is 0 Å². The van der Waals surface area contributed by atoms with Crippen LogP contribution in [0.15, 0.2) is 66.7 Å². The molecule has 5 heteroatoms. The number of esters is 1. The van der Waals surface area contributed by atoms with Crippen molar-refractivity contribution in [2.75, 3.05) is 18.6 Å². The van der Waals surface area contributed by atoms with Gasteiger partial charge in [0.2, 0.25) is 0 Å². The van der Waals surface area contributed by atoms with Crippen LogP contribution < -0.4 is 4.90 Å². The average molecular weight is 330 g/mol. The second-order valence-corrected chi connectivity index (χ2v) is 5.12. The highest BCUT2D eigenvalue weighted by molar-refractivity contribution is 6.30. The van der Waals surface area contributed by atoms with E-state index in [-0.39, 0.29) is 12.5 Å². The van der Waals surface area contributed by atoms with E-state index in [1.807, 2.05) is 6.07 Å². The van der Waals surface area contributed by atoms with Gasteiger partial charge >= 0.3 is 5.97 Å². The Labute approximate surface area is 139 Å². The van der Waals surface area contributed by atoms with Gasteiger partial charge in [-0.2, -0.15) is 0 Å². The van der Waals surface area contributed by atoms with Gasteiger partial charge in [0.15, 0.2) is 0 Å². The molecule has 0 spiro atoms. The molecule has 0 unspecified atom stereocenters. The molecule has 0 aliphatic rings. The van der Waals surface area contributed by atoms with Gasteiger partial charge in [0, 0.05) is 28.9 Å². The number of amides is 1. The zero-order chi connectivity index (χ0) is 16.7. The predicted octanol–water partition coefficient (Wildman–Crippen LogP) is 3.72. The van der Waals surface area contributed by atoms with E-state index in [0.717, 1.165) is 0 Å². The lowest BCUT2D eigenvalue weighted by Gasteiger charge is -2.21. The molecule has 2 aromatic carbocycles. The van der Waals surface area contributed by atoms with Gasteiger partial charge in [-0.25, -0.2) is 4.79 Å². The van der Waals surface area contributed by atoms with Crippen molar-refractivity contribution in [1.29, 1.82) is 0 Å². The molecule has 0 bridgehead atoms. The average Bonchev–Trinajstić information content (AvgIpc) is 2.60. The number of ether oxygens (including phenoxy) is 1. The zero-order valence-electron chi connectivity index (χ0n) is 12.6. The van der Waals surface area contributed by atoms with Gasteiger partial charge in [-0.3, -0.25) is 4.79 Å². The third-order valence-corrected chi connectivity index (χ3v) is 3.40. The lowest BCUT2D eigenvalue weighted by atomic mass is 10.1. The SMILES string of the molecule is COC(=O)/C=C\CN(C(=O)c1ccccc1)c1ccc(Cl)cc1. The monoisotopic (exact) mass is 329 g/mol.